The molecule has 144 valence electrons. The Labute approximate surface area is 174 Å². The van der Waals surface area contributed by atoms with Crippen LogP contribution in [0.15, 0.2) is 47.8 Å². The van der Waals surface area contributed by atoms with Crippen LogP contribution in [0, 0.1) is 13.8 Å². The predicted octanol–water partition coefficient (Wildman–Crippen LogP) is 4.62. The fourth-order valence-electron chi connectivity index (χ4n) is 2.60. The van der Waals surface area contributed by atoms with Gasteiger partial charge in [-0.05, 0) is 55.2 Å². The Bertz CT molecular complexity index is 996. The number of amides is 1. The van der Waals surface area contributed by atoms with Crippen LogP contribution in [0.3, 0.4) is 0 Å². The van der Waals surface area contributed by atoms with Crippen molar-refractivity contribution in [3.8, 4) is 10.6 Å². The van der Waals surface area contributed by atoms with Crippen LogP contribution in [0.4, 0.5) is 5.69 Å². The van der Waals surface area contributed by atoms with Crippen LogP contribution in [0.1, 0.15) is 34.1 Å². The normalized spacial score (nSPS) is 10.4. The molecule has 0 bridgehead atoms. The standard InChI is InChI=1S/C21H22N4OS2/c1-4-15-7-9-16(10-8-15)20-22-18(12-28-20)19(26)24-25-21(27)23-17-11-13(2)5-6-14(17)3/h5-12H,4H2,1-3H3,(H,24,26)(H2,23,25,27). The molecule has 1 amide bonds. The van der Waals surface area contributed by atoms with Crippen molar-refractivity contribution in [2.75, 3.05) is 5.32 Å². The molecular formula is C21H22N4OS2. The van der Waals surface area contributed by atoms with Gasteiger partial charge in [0, 0.05) is 16.6 Å². The average Bonchev–Trinajstić information content (AvgIpc) is 3.19. The minimum Gasteiger partial charge on any atom is -0.331 e. The second-order valence-electron chi connectivity index (χ2n) is 6.44. The summed E-state index contributed by atoms with van der Waals surface area (Å²) in [7, 11) is 0. The maximum absolute atomic E-state index is 12.4. The van der Waals surface area contributed by atoms with E-state index >= 15 is 0 Å². The van der Waals surface area contributed by atoms with Gasteiger partial charge >= 0.3 is 0 Å². The van der Waals surface area contributed by atoms with E-state index in [1.807, 2.05) is 44.2 Å². The number of rotatable bonds is 4. The molecule has 0 aliphatic heterocycles. The molecule has 1 aromatic heterocycles. The fraction of sp³-hybridized carbons (Fsp3) is 0.190. The van der Waals surface area contributed by atoms with Crippen molar-refractivity contribution in [2.45, 2.75) is 27.2 Å². The van der Waals surface area contributed by atoms with Crippen molar-refractivity contribution in [2.24, 2.45) is 0 Å². The largest absolute Gasteiger partial charge is 0.331 e. The highest BCUT2D eigenvalue weighted by atomic mass is 32.1. The second-order valence-corrected chi connectivity index (χ2v) is 7.71. The molecule has 5 nitrogen and oxygen atoms in total. The topological polar surface area (TPSA) is 66.0 Å². The first kappa shape index (κ1) is 20.0. The number of hydrogen-bond donors (Lipinski definition) is 3. The number of benzene rings is 2. The smallest absolute Gasteiger partial charge is 0.289 e. The van der Waals surface area contributed by atoms with E-state index in [1.165, 1.54) is 16.9 Å². The van der Waals surface area contributed by atoms with Gasteiger partial charge in [-0.2, -0.15) is 0 Å². The molecule has 0 radical (unpaired) electrons. The van der Waals surface area contributed by atoms with Gasteiger partial charge < -0.3 is 5.32 Å². The summed E-state index contributed by atoms with van der Waals surface area (Å²) in [6.45, 7) is 6.12. The van der Waals surface area contributed by atoms with Gasteiger partial charge in [0.1, 0.15) is 10.7 Å². The molecule has 28 heavy (non-hydrogen) atoms. The number of carbonyl (C=O) groups excluding carboxylic acids is 1. The highest BCUT2D eigenvalue weighted by Gasteiger charge is 2.12. The number of hydrogen-bond acceptors (Lipinski definition) is 4. The first-order chi connectivity index (χ1) is 13.5. The first-order valence-corrected chi connectivity index (χ1v) is 10.2. The van der Waals surface area contributed by atoms with Crippen LogP contribution in [-0.2, 0) is 6.42 Å². The number of thiazole rings is 1. The van der Waals surface area contributed by atoms with Crippen LogP contribution in [0.25, 0.3) is 10.6 Å². The summed E-state index contributed by atoms with van der Waals surface area (Å²) < 4.78 is 0. The number of nitrogens with zero attached hydrogens (tertiary/aromatic N) is 1. The molecular weight excluding hydrogens is 388 g/mol. The van der Waals surface area contributed by atoms with Crippen molar-refractivity contribution in [1.29, 1.82) is 0 Å². The number of nitrogens with one attached hydrogen (secondary N) is 3. The second kappa shape index (κ2) is 8.95. The summed E-state index contributed by atoms with van der Waals surface area (Å²) in [5.41, 5.74) is 11.0. The van der Waals surface area contributed by atoms with E-state index < -0.39 is 0 Å². The van der Waals surface area contributed by atoms with Crippen LogP contribution in [0.2, 0.25) is 0 Å². The summed E-state index contributed by atoms with van der Waals surface area (Å²) in [5, 5.41) is 5.95. The number of aryl methyl sites for hydroxylation is 3. The zero-order valence-electron chi connectivity index (χ0n) is 16.0. The third-order valence-electron chi connectivity index (χ3n) is 4.28. The van der Waals surface area contributed by atoms with E-state index in [1.54, 1.807) is 5.38 Å². The van der Waals surface area contributed by atoms with Gasteiger partial charge in [0.05, 0.1) is 0 Å². The molecule has 0 aliphatic rings. The SMILES string of the molecule is CCc1ccc(-c2nc(C(=O)NNC(=S)Nc3cc(C)ccc3C)cs2)cc1. The van der Waals surface area contributed by atoms with Crippen LogP contribution >= 0.6 is 23.6 Å². The average molecular weight is 411 g/mol. The Morgan fingerprint density at radius 2 is 1.86 bits per heavy atom. The van der Waals surface area contributed by atoms with Crippen molar-refractivity contribution in [3.05, 3.63) is 70.2 Å². The monoisotopic (exact) mass is 410 g/mol. The lowest BCUT2D eigenvalue weighted by molar-refractivity contribution is 0.0940. The van der Waals surface area contributed by atoms with E-state index in [-0.39, 0.29) is 5.91 Å². The number of carbonyl (C=O) groups is 1. The van der Waals surface area contributed by atoms with Crippen molar-refractivity contribution in [3.63, 3.8) is 0 Å². The van der Waals surface area contributed by atoms with Crippen LogP contribution in [-0.4, -0.2) is 16.0 Å². The minimum atomic E-state index is -0.335. The number of hydrazine groups is 1. The molecule has 7 heteroatoms. The van der Waals surface area contributed by atoms with E-state index in [4.69, 9.17) is 12.2 Å². The summed E-state index contributed by atoms with van der Waals surface area (Å²) in [6, 6.07) is 14.3. The molecule has 2 aromatic carbocycles. The molecule has 0 fully saturated rings. The molecule has 1 heterocycles. The number of anilines is 1. The lowest BCUT2D eigenvalue weighted by Gasteiger charge is -2.13. The maximum atomic E-state index is 12.4. The van der Waals surface area contributed by atoms with E-state index in [0.717, 1.165) is 33.8 Å². The predicted molar refractivity (Wildman–Crippen MR) is 120 cm³/mol. The molecule has 3 aromatic rings. The molecule has 0 atom stereocenters. The van der Waals surface area contributed by atoms with E-state index in [2.05, 4.69) is 40.2 Å². The Morgan fingerprint density at radius 3 is 2.57 bits per heavy atom. The fourth-order valence-corrected chi connectivity index (χ4v) is 3.56. The first-order valence-electron chi connectivity index (χ1n) is 8.95. The van der Waals surface area contributed by atoms with Gasteiger partial charge in [0.2, 0.25) is 0 Å². The third-order valence-corrected chi connectivity index (χ3v) is 5.37. The van der Waals surface area contributed by atoms with Crippen molar-refractivity contribution >= 4 is 40.3 Å². The number of aromatic nitrogens is 1. The molecule has 0 saturated heterocycles. The van der Waals surface area contributed by atoms with E-state index in [9.17, 15) is 4.79 Å². The maximum Gasteiger partial charge on any atom is 0.289 e. The third kappa shape index (κ3) is 4.94. The number of thiocarbonyl (C=S) groups is 1. The molecule has 3 N–H and O–H groups in total. The molecule has 0 unspecified atom stereocenters. The van der Waals surface area contributed by atoms with Crippen molar-refractivity contribution in [1.82, 2.24) is 15.8 Å². The zero-order chi connectivity index (χ0) is 20.1. The Kier molecular flexibility index (Phi) is 6.38. The van der Waals surface area contributed by atoms with Gasteiger partial charge in [-0.1, -0.05) is 43.3 Å². The summed E-state index contributed by atoms with van der Waals surface area (Å²) in [5.74, 6) is -0.335. The highest BCUT2D eigenvalue weighted by molar-refractivity contribution is 7.80. The van der Waals surface area contributed by atoms with Crippen LogP contribution < -0.4 is 16.2 Å². The zero-order valence-corrected chi connectivity index (χ0v) is 17.6. The van der Waals surface area contributed by atoms with Crippen LogP contribution in [0.5, 0.6) is 0 Å². The Hall–Kier alpha value is -2.77. The van der Waals surface area contributed by atoms with Crippen molar-refractivity contribution < 1.29 is 4.79 Å². The van der Waals surface area contributed by atoms with Gasteiger partial charge in [-0.15, -0.1) is 11.3 Å². The summed E-state index contributed by atoms with van der Waals surface area (Å²) >= 11 is 6.69. The Balaban J connectivity index is 1.58. The van der Waals surface area contributed by atoms with E-state index in [0.29, 0.717) is 10.8 Å². The van der Waals surface area contributed by atoms with Gasteiger partial charge in [0.25, 0.3) is 5.91 Å². The quantitative estimate of drug-likeness (QED) is 0.433. The molecule has 0 spiro atoms. The molecule has 0 aliphatic carbocycles. The molecule has 0 saturated carbocycles. The lowest BCUT2D eigenvalue weighted by atomic mass is 10.1. The minimum absolute atomic E-state index is 0.313. The van der Waals surface area contributed by atoms with Gasteiger partial charge in [-0.25, -0.2) is 4.98 Å². The summed E-state index contributed by atoms with van der Waals surface area (Å²) in [4.78, 5) is 16.8. The lowest BCUT2D eigenvalue weighted by Crippen LogP contribution is -2.44. The molecule has 3 rings (SSSR count). The van der Waals surface area contributed by atoms with Gasteiger partial charge in [-0.3, -0.25) is 15.6 Å². The highest BCUT2D eigenvalue weighted by Crippen LogP contribution is 2.24. The Morgan fingerprint density at radius 1 is 1.11 bits per heavy atom. The van der Waals surface area contributed by atoms with Gasteiger partial charge in [0.15, 0.2) is 5.11 Å². The summed E-state index contributed by atoms with van der Waals surface area (Å²) in [6.07, 6.45) is 0.994.